The maximum atomic E-state index is 12.5. The highest BCUT2D eigenvalue weighted by Gasteiger charge is 2.31. The van der Waals surface area contributed by atoms with Gasteiger partial charge >= 0.3 is 5.97 Å². The lowest BCUT2D eigenvalue weighted by Gasteiger charge is -2.24. The van der Waals surface area contributed by atoms with Crippen LogP contribution in [0.25, 0.3) is 0 Å². The van der Waals surface area contributed by atoms with Crippen molar-refractivity contribution in [3.8, 4) is 11.5 Å². The summed E-state index contributed by atoms with van der Waals surface area (Å²) in [5.41, 5.74) is 2.63. The molecule has 0 radical (unpaired) electrons. The van der Waals surface area contributed by atoms with Gasteiger partial charge in [-0.15, -0.1) is 0 Å². The van der Waals surface area contributed by atoms with E-state index in [9.17, 15) is 9.59 Å². The van der Waals surface area contributed by atoms with Crippen LogP contribution in [0.5, 0.6) is 11.5 Å². The zero-order chi connectivity index (χ0) is 18.3. The van der Waals surface area contributed by atoms with E-state index < -0.39 is 12.1 Å². The van der Waals surface area contributed by atoms with E-state index in [1.807, 2.05) is 26.0 Å². The van der Waals surface area contributed by atoms with Gasteiger partial charge in [0.25, 0.3) is 0 Å². The first kappa shape index (κ1) is 16.7. The number of fused-ring (bicyclic) bond motifs is 1. The monoisotopic (exact) mass is 355 g/mol. The third kappa shape index (κ3) is 3.07. The van der Waals surface area contributed by atoms with Crippen molar-refractivity contribution < 1.29 is 23.8 Å². The highest BCUT2D eigenvalue weighted by atomic mass is 16.6. The first-order valence-corrected chi connectivity index (χ1v) is 8.81. The van der Waals surface area contributed by atoms with Gasteiger partial charge in [0.05, 0.1) is 0 Å². The number of ketones is 1. The van der Waals surface area contributed by atoms with Crippen LogP contribution >= 0.6 is 0 Å². The average molecular weight is 355 g/mol. The standard InChI is InChI=1S/C20H21NO5/c1-12-9-15(13(2)21(12)14-7-8-14)16(22)10-25-20(23)19-11-24-17-5-3-4-6-18(17)26-19/h3-6,9,14,19H,7-8,10-11H2,1-2H3/t19-/m0/s1. The Balaban J connectivity index is 1.38. The normalized spacial score (nSPS) is 18.5. The van der Waals surface area contributed by atoms with Gasteiger partial charge in [-0.2, -0.15) is 0 Å². The number of aromatic nitrogens is 1. The molecule has 0 N–H and O–H groups in total. The molecule has 0 spiro atoms. The van der Waals surface area contributed by atoms with E-state index >= 15 is 0 Å². The molecule has 0 bridgehead atoms. The number of aryl methyl sites for hydroxylation is 1. The van der Waals surface area contributed by atoms with Gasteiger partial charge < -0.3 is 18.8 Å². The van der Waals surface area contributed by atoms with Crippen molar-refractivity contribution in [1.29, 1.82) is 0 Å². The van der Waals surface area contributed by atoms with Crippen LogP contribution in [-0.4, -0.2) is 35.6 Å². The van der Waals surface area contributed by atoms with Crippen LogP contribution in [0.4, 0.5) is 0 Å². The Bertz CT molecular complexity index is 865. The molecule has 1 aromatic carbocycles. The van der Waals surface area contributed by atoms with Crippen molar-refractivity contribution in [1.82, 2.24) is 4.57 Å². The highest BCUT2D eigenvalue weighted by molar-refractivity contribution is 5.99. The Morgan fingerprint density at radius 1 is 1.19 bits per heavy atom. The maximum Gasteiger partial charge on any atom is 0.351 e. The summed E-state index contributed by atoms with van der Waals surface area (Å²) >= 11 is 0. The number of rotatable bonds is 5. The summed E-state index contributed by atoms with van der Waals surface area (Å²) in [5.74, 6) is 0.305. The van der Waals surface area contributed by atoms with Crippen LogP contribution in [-0.2, 0) is 9.53 Å². The summed E-state index contributed by atoms with van der Waals surface area (Å²) < 4.78 is 18.5. The van der Waals surface area contributed by atoms with Gasteiger partial charge in [-0.05, 0) is 44.9 Å². The number of hydrogen-bond donors (Lipinski definition) is 0. The zero-order valence-corrected chi connectivity index (χ0v) is 14.9. The highest BCUT2D eigenvalue weighted by Crippen LogP contribution is 2.38. The maximum absolute atomic E-state index is 12.5. The summed E-state index contributed by atoms with van der Waals surface area (Å²) in [6.45, 7) is 3.71. The fraction of sp³-hybridized carbons (Fsp3) is 0.400. The molecule has 2 aromatic rings. The van der Waals surface area contributed by atoms with Gasteiger partial charge in [0.2, 0.25) is 11.9 Å². The van der Waals surface area contributed by atoms with E-state index in [4.69, 9.17) is 14.2 Å². The molecule has 136 valence electrons. The molecule has 1 aromatic heterocycles. The molecule has 26 heavy (non-hydrogen) atoms. The second-order valence-electron chi connectivity index (χ2n) is 6.78. The number of para-hydroxylation sites is 2. The van der Waals surface area contributed by atoms with E-state index in [1.165, 1.54) is 0 Å². The molecule has 1 saturated carbocycles. The molecule has 0 saturated heterocycles. The van der Waals surface area contributed by atoms with Gasteiger partial charge in [-0.1, -0.05) is 12.1 Å². The molecule has 0 amide bonds. The number of nitrogens with zero attached hydrogens (tertiary/aromatic N) is 1. The van der Waals surface area contributed by atoms with Crippen LogP contribution in [0.1, 0.15) is 40.6 Å². The first-order valence-electron chi connectivity index (χ1n) is 8.81. The molecule has 1 fully saturated rings. The molecule has 0 unspecified atom stereocenters. The Morgan fingerprint density at radius 2 is 1.92 bits per heavy atom. The summed E-state index contributed by atoms with van der Waals surface area (Å²) in [6, 6.07) is 9.52. The van der Waals surface area contributed by atoms with E-state index in [0.717, 1.165) is 24.2 Å². The SMILES string of the molecule is Cc1cc(C(=O)COC(=O)[C@@H]2COc3ccccc3O2)c(C)n1C1CC1. The minimum Gasteiger partial charge on any atom is -0.485 e. The van der Waals surface area contributed by atoms with Crippen molar-refractivity contribution >= 4 is 11.8 Å². The minimum absolute atomic E-state index is 0.0697. The van der Waals surface area contributed by atoms with Crippen molar-refractivity contribution in [3.63, 3.8) is 0 Å². The quantitative estimate of drug-likeness (QED) is 0.609. The van der Waals surface area contributed by atoms with Gasteiger partial charge in [0, 0.05) is 23.0 Å². The van der Waals surface area contributed by atoms with Crippen LogP contribution in [0.3, 0.4) is 0 Å². The van der Waals surface area contributed by atoms with Crippen LogP contribution in [0, 0.1) is 13.8 Å². The second-order valence-corrected chi connectivity index (χ2v) is 6.78. The fourth-order valence-corrected chi connectivity index (χ4v) is 3.40. The number of ether oxygens (including phenoxy) is 3. The smallest absolute Gasteiger partial charge is 0.351 e. The number of benzene rings is 1. The molecule has 1 aliphatic carbocycles. The fourth-order valence-electron chi connectivity index (χ4n) is 3.40. The van der Waals surface area contributed by atoms with Crippen LogP contribution in [0.2, 0.25) is 0 Å². The summed E-state index contributed by atoms with van der Waals surface area (Å²) in [4.78, 5) is 24.7. The lowest BCUT2D eigenvalue weighted by atomic mass is 10.1. The molecule has 1 atom stereocenters. The molecular weight excluding hydrogens is 334 g/mol. The molecule has 6 heteroatoms. The third-order valence-electron chi connectivity index (χ3n) is 4.81. The van der Waals surface area contributed by atoms with Crippen molar-refractivity contribution in [2.45, 2.75) is 38.8 Å². The number of esters is 1. The summed E-state index contributed by atoms with van der Waals surface area (Å²) in [6.07, 6.45) is 1.44. The van der Waals surface area contributed by atoms with E-state index in [2.05, 4.69) is 4.57 Å². The predicted octanol–water partition coefficient (Wildman–Crippen LogP) is 3.01. The van der Waals surface area contributed by atoms with Crippen LogP contribution in [0.15, 0.2) is 30.3 Å². The van der Waals surface area contributed by atoms with E-state index in [1.54, 1.807) is 18.2 Å². The van der Waals surface area contributed by atoms with Gasteiger partial charge in [-0.25, -0.2) is 4.79 Å². The van der Waals surface area contributed by atoms with Crippen LogP contribution < -0.4 is 9.47 Å². The largest absolute Gasteiger partial charge is 0.485 e. The van der Waals surface area contributed by atoms with Crippen molar-refractivity contribution in [2.75, 3.05) is 13.2 Å². The zero-order valence-electron chi connectivity index (χ0n) is 14.9. The predicted molar refractivity (Wildman–Crippen MR) is 93.8 cm³/mol. The molecular formula is C20H21NO5. The lowest BCUT2D eigenvalue weighted by molar-refractivity contribution is -0.153. The number of Topliss-reactive ketones (excluding diaryl/α,β-unsaturated/α-hetero) is 1. The lowest BCUT2D eigenvalue weighted by Crippen LogP contribution is -2.38. The molecule has 4 rings (SSSR count). The average Bonchev–Trinajstić information content (AvgIpc) is 3.43. The molecule has 1 aliphatic heterocycles. The Kier molecular flexibility index (Phi) is 4.18. The Morgan fingerprint density at radius 3 is 2.65 bits per heavy atom. The van der Waals surface area contributed by atoms with Gasteiger partial charge in [0.15, 0.2) is 18.1 Å². The third-order valence-corrected chi connectivity index (χ3v) is 4.81. The molecule has 2 aliphatic rings. The van der Waals surface area contributed by atoms with E-state index in [-0.39, 0.29) is 19.0 Å². The first-order chi connectivity index (χ1) is 12.5. The van der Waals surface area contributed by atoms with Crippen molar-refractivity contribution in [3.05, 3.63) is 47.3 Å². The Hall–Kier alpha value is -2.76. The molecule has 2 heterocycles. The van der Waals surface area contributed by atoms with Crippen molar-refractivity contribution in [2.24, 2.45) is 0 Å². The van der Waals surface area contributed by atoms with Gasteiger partial charge in [-0.3, -0.25) is 4.79 Å². The summed E-state index contributed by atoms with van der Waals surface area (Å²) in [5, 5.41) is 0. The molecule has 6 nitrogen and oxygen atoms in total. The number of carbonyl (C=O) groups is 2. The second kappa shape index (κ2) is 6.52. The minimum atomic E-state index is -0.864. The number of hydrogen-bond acceptors (Lipinski definition) is 5. The van der Waals surface area contributed by atoms with E-state index in [0.29, 0.717) is 23.1 Å². The Labute approximate surface area is 151 Å². The topological polar surface area (TPSA) is 66.8 Å². The number of carbonyl (C=O) groups excluding carboxylic acids is 2. The summed E-state index contributed by atoms with van der Waals surface area (Å²) in [7, 11) is 0. The van der Waals surface area contributed by atoms with Gasteiger partial charge in [0.1, 0.15) is 6.61 Å².